The van der Waals surface area contributed by atoms with Gasteiger partial charge in [0.25, 0.3) is 0 Å². The van der Waals surface area contributed by atoms with Crippen molar-refractivity contribution >= 4 is 5.91 Å². The second kappa shape index (κ2) is 7.10. The Bertz CT molecular complexity index is 259. The normalized spacial score (nSPS) is 23.9. The fourth-order valence-corrected chi connectivity index (χ4v) is 2.97. The average molecular weight is 254 g/mol. The molecule has 0 aromatic carbocycles. The van der Waals surface area contributed by atoms with Gasteiger partial charge in [0, 0.05) is 19.1 Å². The van der Waals surface area contributed by atoms with Crippen LogP contribution in [0.2, 0.25) is 0 Å². The van der Waals surface area contributed by atoms with E-state index in [4.69, 9.17) is 4.74 Å². The molecule has 18 heavy (non-hydrogen) atoms. The summed E-state index contributed by atoms with van der Waals surface area (Å²) in [5, 5.41) is 3.42. The van der Waals surface area contributed by atoms with E-state index < -0.39 is 0 Å². The van der Waals surface area contributed by atoms with Gasteiger partial charge < -0.3 is 15.0 Å². The molecule has 104 valence electrons. The highest BCUT2D eigenvalue weighted by atomic mass is 16.5. The number of hydrogen-bond acceptors (Lipinski definition) is 3. The van der Waals surface area contributed by atoms with Crippen molar-refractivity contribution < 1.29 is 9.53 Å². The van der Waals surface area contributed by atoms with E-state index in [2.05, 4.69) is 12.2 Å². The van der Waals surface area contributed by atoms with E-state index in [0.717, 1.165) is 19.0 Å². The Balaban J connectivity index is 1.67. The van der Waals surface area contributed by atoms with E-state index in [-0.39, 0.29) is 5.91 Å². The van der Waals surface area contributed by atoms with Crippen LogP contribution in [0, 0.1) is 5.92 Å². The highest BCUT2D eigenvalue weighted by molar-refractivity contribution is 5.78. The predicted octanol–water partition coefficient (Wildman–Crippen LogP) is 1.40. The summed E-state index contributed by atoms with van der Waals surface area (Å²) in [6.45, 7) is 5.57. The molecule has 1 aliphatic heterocycles. The first kappa shape index (κ1) is 13.8. The monoisotopic (exact) mass is 254 g/mol. The summed E-state index contributed by atoms with van der Waals surface area (Å²) >= 11 is 0. The summed E-state index contributed by atoms with van der Waals surface area (Å²) in [6, 6.07) is 0.468. The largest absolute Gasteiger partial charge is 0.378 e. The summed E-state index contributed by atoms with van der Waals surface area (Å²) in [4.78, 5) is 13.9. The van der Waals surface area contributed by atoms with Gasteiger partial charge in [-0.3, -0.25) is 4.79 Å². The van der Waals surface area contributed by atoms with Gasteiger partial charge in [-0.25, -0.2) is 0 Å². The van der Waals surface area contributed by atoms with E-state index in [1.165, 1.54) is 32.1 Å². The van der Waals surface area contributed by atoms with Gasteiger partial charge in [0.05, 0.1) is 19.8 Å². The highest BCUT2D eigenvalue weighted by Crippen LogP contribution is 2.26. The minimum Gasteiger partial charge on any atom is -0.378 e. The number of morpholine rings is 1. The van der Waals surface area contributed by atoms with E-state index in [1.54, 1.807) is 0 Å². The van der Waals surface area contributed by atoms with Crippen molar-refractivity contribution in [2.24, 2.45) is 5.92 Å². The van der Waals surface area contributed by atoms with Crippen LogP contribution in [-0.2, 0) is 9.53 Å². The second-order valence-corrected chi connectivity index (χ2v) is 5.56. The lowest BCUT2D eigenvalue weighted by Crippen LogP contribution is -2.47. The van der Waals surface area contributed by atoms with Gasteiger partial charge in [0.15, 0.2) is 0 Å². The average Bonchev–Trinajstić information content (AvgIpc) is 2.46. The van der Waals surface area contributed by atoms with Crippen LogP contribution in [-0.4, -0.2) is 49.7 Å². The standard InChI is InChI=1S/C14H26N2O2/c1-12(13-5-3-2-4-6-13)15-11-14(17)16-7-9-18-10-8-16/h12-13,15H,2-11H2,1H3. The fourth-order valence-electron chi connectivity index (χ4n) is 2.97. The van der Waals surface area contributed by atoms with Gasteiger partial charge in [0.2, 0.25) is 5.91 Å². The number of nitrogens with one attached hydrogen (secondary N) is 1. The molecule has 1 atom stereocenters. The van der Waals surface area contributed by atoms with Crippen LogP contribution in [0.5, 0.6) is 0 Å². The van der Waals surface area contributed by atoms with Crippen LogP contribution in [0.3, 0.4) is 0 Å². The quantitative estimate of drug-likeness (QED) is 0.824. The predicted molar refractivity (Wildman–Crippen MR) is 71.4 cm³/mol. The number of amides is 1. The van der Waals surface area contributed by atoms with Crippen LogP contribution in [0.15, 0.2) is 0 Å². The molecule has 1 heterocycles. The van der Waals surface area contributed by atoms with Crippen LogP contribution < -0.4 is 5.32 Å². The number of hydrogen-bond donors (Lipinski definition) is 1. The molecule has 1 amide bonds. The molecule has 1 saturated carbocycles. The first-order valence-electron chi connectivity index (χ1n) is 7.36. The van der Waals surface area contributed by atoms with Gasteiger partial charge in [0.1, 0.15) is 0 Å². The third-order valence-corrected chi connectivity index (χ3v) is 4.30. The molecule has 0 aromatic heterocycles. The third-order valence-electron chi connectivity index (χ3n) is 4.30. The number of carbonyl (C=O) groups is 1. The molecule has 1 aliphatic carbocycles. The molecular formula is C14H26N2O2. The Morgan fingerprint density at radius 2 is 1.94 bits per heavy atom. The highest BCUT2D eigenvalue weighted by Gasteiger charge is 2.22. The van der Waals surface area contributed by atoms with E-state index in [9.17, 15) is 4.79 Å². The van der Waals surface area contributed by atoms with E-state index >= 15 is 0 Å². The minimum atomic E-state index is 0.223. The van der Waals surface area contributed by atoms with Crippen molar-refractivity contribution in [1.29, 1.82) is 0 Å². The molecule has 0 aromatic rings. The lowest BCUT2D eigenvalue weighted by molar-refractivity contribution is -0.134. The molecule has 2 fully saturated rings. The van der Waals surface area contributed by atoms with Crippen molar-refractivity contribution in [3.8, 4) is 0 Å². The van der Waals surface area contributed by atoms with Crippen LogP contribution >= 0.6 is 0 Å². The first-order chi connectivity index (χ1) is 8.77. The summed E-state index contributed by atoms with van der Waals surface area (Å²) in [7, 11) is 0. The molecule has 2 aliphatic rings. The lowest BCUT2D eigenvalue weighted by Gasteiger charge is -2.30. The summed E-state index contributed by atoms with van der Waals surface area (Å²) < 4.78 is 5.26. The Hall–Kier alpha value is -0.610. The van der Waals surface area contributed by atoms with Crippen molar-refractivity contribution in [3.63, 3.8) is 0 Å². The first-order valence-corrected chi connectivity index (χ1v) is 7.36. The molecular weight excluding hydrogens is 228 g/mol. The number of nitrogens with zero attached hydrogens (tertiary/aromatic N) is 1. The molecule has 1 N–H and O–H groups in total. The molecule has 1 unspecified atom stereocenters. The van der Waals surface area contributed by atoms with Gasteiger partial charge in [-0.2, -0.15) is 0 Å². The third kappa shape index (κ3) is 3.95. The van der Waals surface area contributed by atoms with Crippen LogP contribution in [0.4, 0.5) is 0 Å². The number of ether oxygens (including phenoxy) is 1. The molecule has 4 nitrogen and oxygen atoms in total. The van der Waals surface area contributed by atoms with Crippen LogP contribution in [0.1, 0.15) is 39.0 Å². The maximum Gasteiger partial charge on any atom is 0.236 e. The molecule has 2 rings (SSSR count). The molecule has 4 heteroatoms. The topological polar surface area (TPSA) is 41.6 Å². The van der Waals surface area contributed by atoms with Crippen molar-refractivity contribution in [1.82, 2.24) is 10.2 Å². The fraction of sp³-hybridized carbons (Fsp3) is 0.929. The van der Waals surface area contributed by atoms with Crippen molar-refractivity contribution in [3.05, 3.63) is 0 Å². The zero-order chi connectivity index (χ0) is 12.8. The van der Waals surface area contributed by atoms with Crippen LogP contribution in [0.25, 0.3) is 0 Å². The minimum absolute atomic E-state index is 0.223. The lowest BCUT2D eigenvalue weighted by atomic mass is 9.84. The smallest absolute Gasteiger partial charge is 0.236 e. The Morgan fingerprint density at radius 1 is 1.28 bits per heavy atom. The Kier molecular flexibility index (Phi) is 5.45. The van der Waals surface area contributed by atoms with Gasteiger partial charge in [-0.15, -0.1) is 0 Å². The summed E-state index contributed by atoms with van der Waals surface area (Å²) in [6.07, 6.45) is 6.73. The SMILES string of the molecule is CC(NCC(=O)N1CCOCC1)C1CCCCC1. The summed E-state index contributed by atoms with van der Waals surface area (Å²) in [5.41, 5.74) is 0. The molecule has 0 radical (unpaired) electrons. The second-order valence-electron chi connectivity index (χ2n) is 5.56. The number of rotatable bonds is 4. The van der Waals surface area contributed by atoms with Crippen molar-refractivity contribution in [2.75, 3.05) is 32.8 Å². The number of carbonyl (C=O) groups excluding carboxylic acids is 1. The molecule has 0 spiro atoms. The Labute approximate surface area is 110 Å². The van der Waals surface area contributed by atoms with E-state index in [0.29, 0.717) is 25.8 Å². The van der Waals surface area contributed by atoms with E-state index in [1.807, 2.05) is 4.90 Å². The van der Waals surface area contributed by atoms with Gasteiger partial charge >= 0.3 is 0 Å². The maximum atomic E-state index is 12.0. The maximum absolute atomic E-state index is 12.0. The van der Waals surface area contributed by atoms with Gasteiger partial charge in [-0.1, -0.05) is 19.3 Å². The van der Waals surface area contributed by atoms with Crippen molar-refractivity contribution in [2.45, 2.75) is 45.1 Å². The molecule has 1 saturated heterocycles. The zero-order valence-corrected chi connectivity index (χ0v) is 11.5. The Morgan fingerprint density at radius 3 is 2.61 bits per heavy atom. The zero-order valence-electron chi connectivity index (χ0n) is 11.5. The van der Waals surface area contributed by atoms with Gasteiger partial charge in [-0.05, 0) is 25.7 Å². The summed E-state index contributed by atoms with van der Waals surface area (Å²) in [5.74, 6) is 0.984. The molecule has 0 bridgehead atoms.